The van der Waals surface area contributed by atoms with E-state index in [1.165, 1.54) is 36.8 Å². The molecule has 186 valence electrons. The first kappa shape index (κ1) is 29.8. The van der Waals surface area contributed by atoms with E-state index >= 15 is 0 Å². The third-order valence-electron chi connectivity index (χ3n) is 8.36. The van der Waals surface area contributed by atoms with Gasteiger partial charge in [-0.1, -0.05) is 0 Å². The normalized spacial score (nSPS) is 19.0. The molecule has 2 atom stereocenters. The van der Waals surface area contributed by atoms with Crippen molar-refractivity contribution in [3.63, 3.8) is 0 Å². The molecule has 0 aromatic heterocycles. The van der Waals surface area contributed by atoms with Gasteiger partial charge in [-0.2, -0.15) is 0 Å². The summed E-state index contributed by atoms with van der Waals surface area (Å²) in [5, 5.41) is 0. The first-order valence-corrected chi connectivity index (χ1v) is 26.4. The SMILES string of the molecule is CCCc1ccc(C)c2c1C=C(C)[CH]2[Zr]([CH3])([CH3])(=[SiH2])[CH]1C(C)=Cc2c(CCC)ccc(C)c21.Cl.Cl. The largest absolute Gasteiger partial charge is 0.147 e. The number of fused-ring (bicyclic) bond motifs is 2. The summed E-state index contributed by atoms with van der Waals surface area (Å²) in [5.74, 6) is 0. The van der Waals surface area contributed by atoms with Crippen molar-refractivity contribution in [1.29, 1.82) is 0 Å². The fourth-order valence-corrected chi connectivity index (χ4v) is 28.7. The van der Waals surface area contributed by atoms with Gasteiger partial charge in [0.05, 0.1) is 0 Å². The van der Waals surface area contributed by atoms with Crippen molar-refractivity contribution >= 4 is 43.8 Å². The van der Waals surface area contributed by atoms with Crippen LogP contribution in [-0.4, -0.2) is 6.88 Å². The molecular weight excluding hydrogens is 551 g/mol. The molecule has 0 bridgehead atoms. The van der Waals surface area contributed by atoms with E-state index < -0.39 is 17.4 Å². The van der Waals surface area contributed by atoms with E-state index in [-0.39, 0.29) is 24.8 Å². The number of hydrogen-bond donors (Lipinski definition) is 0. The summed E-state index contributed by atoms with van der Waals surface area (Å²) in [7, 11) is 0. The second-order valence-corrected chi connectivity index (χ2v) is 42.3. The Labute approximate surface area is 223 Å². The first-order chi connectivity index (χ1) is 15.0. The Kier molecular flexibility index (Phi) is 9.24. The summed E-state index contributed by atoms with van der Waals surface area (Å²) < 4.78 is 6.81. The molecule has 2 aromatic carbocycles. The molecule has 4 heteroatoms. The van der Waals surface area contributed by atoms with Crippen LogP contribution in [0, 0.1) is 13.8 Å². The molecule has 0 spiro atoms. The van der Waals surface area contributed by atoms with Gasteiger partial charge in [-0.15, -0.1) is 24.8 Å². The van der Waals surface area contributed by atoms with Crippen LogP contribution in [0.1, 0.15) is 92.3 Å². The summed E-state index contributed by atoms with van der Waals surface area (Å²) in [6.45, 7) is 16.7. The Bertz CT molecular complexity index is 1140. The summed E-state index contributed by atoms with van der Waals surface area (Å²) in [6.07, 6.45) is 9.95. The molecule has 2 aromatic rings. The molecule has 2 aliphatic carbocycles. The quantitative estimate of drug-likeness (QED) is 0.293. The van der Waals surface area contributed by atoms with E-state index in [1.54, 1.807) is 44.5 Å². The fourth-order valence-electron chi connectivity index (χ4n) is 7.35. The van der Waals surface area contributed by atoms with Gasteiger partial charge < -0.3 is 0 Å². The summed E-state index contributed by atoms with van der Waals surface area (Å²) >= 11 is -3.38. The molecule has 0 radical (unpaired) electrons. The predicted molar refractivity (Wildman–Crippen MR) is 158 cm³/mol. The number of hydrogen-bond acceptors (Lipinski definition) is 0. The van der Waals surface area contributed by atoms with E-state index in [0.29, 0.717) is 7.25 Å². The van der Waals surface area contributed by atoms with Gasteiger partial charge >= 0.3 is 200 Å². The third-order valence-corrected chi connectivity index (χ3v) is 26.2. The molecule has 2 aliphatic rings. The zero-order valence-corrected chi connectivity index (χ0v) is 28.0. The minimum atomic E-state index is -3.38. The molecule has 0 amide bonds. The maximum atomic E-state index is 2.77. The van der Waals surface area contributed by atoms with Crippen molar-refractivity contribution in [3.05, 3.63) is 79.9 Å². The second kappa shape index (κ2) is 10.5. The van der Waals surface area contributed by atoms with Gasteiger partial charge in [-0.25, -0.2) is 0 Å². The van der Waals surface area contributed by atoms with Crippen LogP contribution in [0.15, 0.2) is 35.4 Å². The summed E-state index contributed by atoms with van der Waals surface area (Å²) in [5.41, 5.74) is 15.9. The smallest absolute Gasteiger partial charge is 0.147 e. The standard InChI is InChI=1S/2C14H17.2CH3.2ClH.H2Si.Zr/c2*1-4-5-12-7-6-11(3)13-8-10(2)9-14(12)13;;;;;;/h2*6-9H,4-5H2,1-3H3;2*1H3;2*1H;1H2;. The maximum Gasteiger partial charge on any atom is -0.147 e. The molecule has 0 heterocycles. The molecule has 0 saturated heterocycles. The molecule has 0 N–H and O–H groups in total. The molecule has 0 aliphatic heterocycles. The van der Waals surface area contributed by atoms with Crippen molar-refractivity contribution in [3.8, 4) is 0 Å². The second-order valence-electron chi connectivity index (χ2n) is 11.8. The van der Waals surface area contributed by atoms with E-state index in [0.717, 1.165) is 0 Å². The number of benzene rings is 2. The van der Waals surface area contributed by atoms with Gasteiger partial charge in [0.1, 0.15) is 0 Å². The zero-order chi connectivity index (χ0) is 23.4. The number of rotatable bonds is 6. The van der Waals surface area contributed by atoms with E-state index in [1.807, 2.05) is 0 Å². The maximum absolute atomic E-state index is 3.38. The van der Waals surface area contributed by atoms with Gasteiger partial charge in [0.15, 0.2) is 0 Å². The molecule has 0 saturated carbocycles. The van der Waals surface area contributed by atoms with Crippen LogP contribution in [0.2, 0.25) is 9.26 Å². The first-order valence-electron chi connectivity index (χ1n) is 12.7. The Morgan fingerprint density at radius 3 is 1.35 bits per heavy atom. The Morgan fingerprint density at radius 2 is 1.03 bits per heavy atom. The van der Waals surface area contributed by atoms with Gasteiger partial charge in [0.2, 0.25) is 0 Å². The Morgan fingerprint density at radius 1 is 0.676 bits per heavy atom. The molecule has 0 nitrogen and oxygen atoms in total. The number of halogens is 2. The van der Waals surface area contributed by atoms with Gasteiger partial charge in [0, 0.05) is 0 Å². The monoisotopic (exact) mass is 592 g/mol. The van der Waals surface area contributed by atoms with Crippen LogP contribution in [0.4, 0.5) is 0 Å². The van der Waals surface area contributed by atoms with Crippen LogP contribution < -0.4 is 0 Å². The molecule has 0 fully saturated rings. The third kappa shape index (κ3) is 4.67. The average Bonchev–Trinajstić information content (AvgIpc) is 3.26. The molecule has 2 unspecified atom stereocenters. The minimum Gasteiger partial charge on any atom is -0.147 e. The zero-order valence-electron chi connectivity index (χ0n) is 22.5. The fraction of sp³-hybridized carbons (Fsp3) is 0.467. The van der Waals surface area contributed by atoms with Crippen molar-refractivity contribution in [2.24, 2.45) is 0 Å². The van der Waals surface area contributed by atoms with Gasteiger partial charge in [-0.3, -0.25) is 0 Å². The van der Waals surface area contributed by atoms with Crippen molar-refractivity contribution in [2.75, 3.05) is 0 Å². The van der Waals surface area contributed by atoms with Crippen LogP contribution in [0.25, 0.3) is 12.2 Å². The van der Waals surface area contributed by atoms with Crippen LogP contribution in [0.3, 0.4) is 0 Å². The van der Waals surface area contributed by atoms with E-state index in [4.69, 9.17) is 0 Å². The predicted octanol–water partition coefficient (Wildman–Crippen LogP) is 9.00. The molecular formula is C30H44Cl2SiZr. The van der Waals surface area contributed by atoms with E-state index in [2.05, 4.69) is 94.1 Å². The van der Waals surface area contributed by atoms with Crippen molar-refractivity contribution in [1.82, 2.24) is 0 Å². The number of allylic oxidation sites excluding steroid dienone is 2. The van der Waals surface area contributed by atoms with Gasteiger partial charge in [0.25, 0.3) is 0 Å². The number of aryl methyl sites for hydroxylation is 4. The molecule has 34 heavy (non-hydrogen) atoms. The summed E-state index contributed by atoms with van der Waals surface area (Å²) in [6, 6.07) is 9.61. The van der Waals surface area contributed by atoms with Gasteiger partial charge in [-0.05, 0) is 0 Å². The van der Waals surface area contributed by atoms with Crippen LogP contribution in [0.5, 0.6) is 0 Å². The average molecular weight is 595 g/mol. The van der Waals surface area contributed by atoms with Crippen molar-refractivity contribution < 1.29 is 17.4 Å². The molecule has 4 rings (SSSR count). The van der Waals surface area contributed by atoms with Crippen LogP contribution in [-0.2, 0) is 30.2 Å². The Hall–Kier alpha value is -0.400. The topological polar surface area (TPSA) is 0 Å². The summed E-state index contributed by atoms with van der Waals surface area (Å²) in [4.78, 5) is 0. The van der Waals surface area contributed by atoms with Crippen molar-refractivity contribution in [2.45, 2.75) is 83.7 Å². The van der Waals surface area contributed by atoms with Crippen LogP contribution >= 0.6 is 24.8 Å². The Balaban J connectivity index is 0.00000204. The van der Waals surface area contributed by atoms with E-state index in [9.17, 15) is 0 Å². The minimum absolute atomic E-state index is 0.